The third-order valence-corrected chi connectivity index (χ3v) is 10.4. The van der Waals surface area contributed by atoms with E-state index in [1.54, 1.807) is 24.3 Å². The summed E-state index contributed by atoms with van der Waals surface area (Å²) in [6.45, 7) is 5.80. The zero-order valence-corrected chi connectivity index (χ0v) is 25.9. The van der Waals surface area contributed by atoms with Crippen molar-refractivity contribution in [3.63, 3.8) is 0 Å². The van der Waals surface area contributed by atoms with E-state index in [2.05, 4.69) is 31.3 Å². The topological polar surface area (TPSA) is 75.7 Å². The number of hydrogen-bond donors (Lipinski definition) is 1. The molecule has 0 radical (unpaired) electrons. The standard InChI is InChI=1S/C36H30Cl2N2O4/c1-20(2)24-17-12-21(3)18-29(24)44-23-15-13-22(14-16-23)39-30(41)19-40-33(42)31-32(34(40)43)36(38)26-9-5-4-8-25(26)35(31,37)27-10-6-7-11-28(27)36/h4-18,20,31-32H,19H2,1-3H3,(H,39,41)/t31-,32+,35?,36?. The molecule has 0 unspecified atom stereocenters. The number of ether oxygens (including phenoxy) is 1. The molecule has 1 heterocycles. The van der Waals surface area contributed by atoms with Crippen LogP contribution in [0.25, 0.3) is 0 Å². The Hall–Kier alpha value is -4.13. The molecule has 4 aromatic rings. The zero-order valence-electron chi connectivity index (χ0n) is 24.4. The van der Waals surface area contributed by atoms with Gasteiger partial charge in [-0.05, 0) is 76.6 Å². The van der Waals surface area contributed by atoms with Crippen LogP contribution in [0.4, 0.5) is 5.69 Å². The van der Waals surface area contributed by atoms with Gasteiger partial charge in [-0.2, -0.15) is 0 Å². The second kappa shape index (κ2) is 10.2. The van der Waals surface area contributed by atoms with Gasteiger partial charge < -0.3 is 10.1 Å². The molecular weight excluding hydrogens is 595 g/mol. The van der Waals surface area contributed by atoms with E-state index in [9.17, 15) is 14.4 Å². The van der Waals surface area contributed by atoms with Crippen molar-refractivity contribution in [2.24, 2.45) is 11.8 Å². The molecule has 44 heavy (non-hydrogen) atoms. The molecule has 4 aromatic carbocycles. The van der Waals surface area contributed by atoms with Crippen LogP contribution in [0.3, 0.4) is 0 Å². The largest absolute Gasteiger partial charge is 0.457 e. The summed E-state index contributed by atoms with van der Waals surface area (Å²) in [5.74, 6) is -1.68. The van der Waals surface area contributed by atoms with Gasteiger partial charge in [0.25, 0.3) is 0 Å². The Morgan fingerprint density at radius 1 is 0.818 bits per heavy atom. The average Bonchev–Trinajstić information content (AvgIpc) is 3.27. The summed E-state index contributed by atoms with van der Waals surface area (Å²) in [5, 5.41) is 2.81. The van der Waals surface area contributed by atoms with Gasteiger partial charge >= 0.3 is 0 Å². The maximum absolute atomic E-state index is 14.0. The fraction of sp³-hybridized carbons (Fsp3) is 0.250. The lowest BCUT2D eigenvalue weighted by Crippen LogP contribution is -2.57. The van der Waals surface area contributed by atoms with Crippen LogP contribution in [-0.4, -0.2) is 29.2 Å². The van der Waals surface area contributed by atoms with Crippen molar-refractivity contribution in [2.75, 3.05) is 11.9 Å². The van der Waals surface area contributed by atoms with Gasteiger partial charge in [0.05, 0.1) is 11.8 Å². The third kappa shape index (κ3) is 4.04. The first kappa shape index (κ1) is 28.6. The third-order valence-electron chi connectivity index (χ3n) is 9.14. The average molecular weight is 626 g/mol. The minimum Gasteiger partial charge on any atom is -0.457 e. The Morgan fingerprint density at radius 2 is 1.32 bits per heavy atom. The molecular formula is C36H30Cl2N2O4. The fourth-order valence-corrected chi connectivity index (χ4v) is 8.26. The highest BCUT2D eigenvalue weighted by Gasteiger charge is 2.73. The van der Waals surface area contributed by atoms with Crippen LogP contribution in [-0.2, 0) is 24.1 Å². The number of alkyl halides is 2. The van der Waals surface area contributed by atoms with Gasteiger partial charge in [0.1, 0.15) is 27.8 Å². The Bertz CT molecular complexity index is 1730. The van der Waals surface area contributed by atoms with Crippen LogP contribution in [0.5, 0.6) is 11.5 Å². The monoisotopic (exact) mass is 624 g/mol. The minimum absolute atomic E-state index is 0.296. The van der Waals surface area contributed by atoms with Crippen LogP contribution < -0.4 is 10.1 Å². The highest BCUT2D eigenvalue weighted by Crippen LogP contribution is 2.69. The van der Waals surface area contributed by atoms with Gasteiger partial charge in [-0.3, -0.25) is 19.3 Å². The summed E-state index contributed by atoms with van der Waals surface area (Å²) in [7, 11) is 0. The molecule has 4 aliphatic rings. The summed E-state index contributed by atoms with van der Waals surface area (Å²) >= 11 is 14.9. The zero-order chi connectivity index (χ0) is 31.0. The predicted octanol–water partition coefficient (Wildman–Crippen LogP) is 7.44. The van der Waals surface area contributed by atoms with Gasteiger partial charge in [0, 0.05) is 5.69 Å². The number of imide groups is 1. The Kier molecular flexibility index (Phi) is 6.65. The highest BCUT2D eigenvalue weighted by atomic mass is 35.5. The molecule has 6 nitrogen and oxygen atoms in total. The number of nitrogens with zero attached hydrogens (tertiary/aromatic N) is 1. The van der Waals surface area contributed by atoms with Gasteiger partial charge in [-0.25, -0.2) is 0 Å². The molecule has 8 heteroatoms. The Balaban J connectivity index is 1.12. The fourth-order valence-electron chi connectivity index (χ4n) is 7.16. The number of aryl methyl sites for hydroxylation is 1. The molecule has 0 aromatic heterocycles. The van der Waals surface area contributed by atoms with Gasteiger partial charge in [-0.1, -0.05) is 74.5 Å². The van der Waals surface area contributed by atoms with E-state index in [1.165, 1.54) is 0 Å². The summed E-state index contributed by atoms with van der Waals surface area (Å²) in [6.07, 6.45) is 0. The van der Waals surface area contributed by atoms with Crippen LogP contribution in [0.2, 0.25) is 0 Å². The van der Waals surface area contributed by atoms with E-state index in [4.69, 9.17) is 27.9 Å². The van der Waals surface area contributed by atoms with Gasteiger partial charge in [0.15, 0.2) is 0 Å². The van der Waals surface area contributed by atoms with Crippen molar-refractivity contribution in [1.82, 2.24) is 4.90 Å². The number of halogens is 2. The summed E-state index contributed by atoms with van der Waals surface area (Å²) < 4.78 is 6.16. The number of hydrogen-bond acceptors (Lipinski definition) is 4. The summed E-state index contributed by atoms with van der Waals surface area (Å²) in [5.41, 5.74) is 5.59. The van der Waals surface area contributed by atoms with Crippen molar-refractivity contribution in [1.29, 1.82) is 0 Å². The van der Waals surface area contributed by atoms with Crippen LogP contribution in [0.15, 0.2) is 91.0 Å². The lowest BCUT2D eigenvalue weighted by Gasteiger charge is -2.54. The molecule has 1 saturated heterocycles. The molecule has 1 N–H and O–H groups in total. The van der Waals surface area contributed by atoms with Gasteiger partial charge in [0.2, 0.25) is 17.7 Å². The van der Waals surface area contributed by atoms with Crippen molar-refractivity contribution in [3.8, 4) is 11.5 Å². The smallest absolute Gasteiger partial charge is 0.244 e. The van der Waals surface area contributed by atoms with E-state index in [0.29, 0.717) is 17.4 Å². The quantitative estimate of drug-likeness (QED) is 0.179. The van der Waals surface area contributed by atoms with E-state index < -0.39 is 45.9 Å². The summed E-state index contributed by atoms with van der Waals surface area (Å²) in [6, 6.07) is 28.0. The van der Waals surface area contributed by atoms with E-state index in [0.717, 1.165) is 44.0 Å². The number of anilines is 1. The molecule has 222 valence electrons. The van der Waals surface area contributed by atoms with E-state index in [-0.39, 0.29) is 0 Å². The summed E-state index contributed by atoms with van der Waals surface area (Å²) in [4.78, 5) is 39.6. The molecule has 8 rings (SSSR count). The molecule has 2 atom stereocenters. The van der Waals surface area contributed by atoms with Crippen molar-refractivity contribution in [3.05, 3.63) is 124 Å². The lowest BCUT2D eigenvalue weighted by molar-refractivity contribution is -0.142. The second-order valence-corrected chi connectivity index (χ2v) is 13.3. The Morgan fingerprint density at radius 3 is 1.80 bits per heavy atom. The lowest BCUT2D eigenvalue weighted by atomic mass is 9.54. The van der Waals surface area contributed by atoms with Crippen molar-refractivity contribution in [2.45, 2.75) is 36.4 Å². The molecule has 1 aliphatic heterocycles. The number of nitrogens with one attached hydrogen (secondary N) is 1. The highest BCUT2D eigenvalue weighted by molar-refractivity contribution is 6.36. The van der Waals surface area contributed by atoms with E-state index in [1.807, 2.05) is 61.5 Å². The minimum atomic E-state index is -1.28. The van der Waals surface area contributed by atoms with Crippen LogP contribution >= 0.6 is 23.2 Å². The van der Waals surface area contributed by atoms with Crippen molar-refractivity contribution >= 4 is 46.6 Å². The van der Waals surface area contributed by atoms with Crippen LogP contribution in [0.1, 0.15) is 53.1 Å². The molecule has 3 aliphatic carbocycles. The molecule has 2 bridgehead atoms. The van der Waals surface area contributed by atoms with Crippen molar-refractivity contribution < 1.29 is 19.1 Å². The SMILES string of the molecule is Cc1ccc(C(C)C)c(Oc2ccc(NC(=O)CN3C(=O)[C@@H]4[C@H](C3=O)C3(Cl)c5ccccc5C4(Cl)c4ccccc43)cc2)c1. The first-order chi connectivity index (χ1) is 21.0. The molecule has 3 amide bonds. The van der Waals surface area contributed by atoms with Crippen LogP contribution in [0, 0.1) is 18.8 Å². The number of carbonyl (C=O) groups excluding carboxylic acids is 3. The molecule has 0 spiro atoms. The first-order valence-electron chi connectivity index (χ1n) is 14.7. The number of benzene rings is 4. The second-order valence-electron chi connectivity index (χ2n) is 12.1. The molecule has 0 saturated carbocycles. The first-order valence-corrected chi connectivity index (χ1v) is 15.4. The Labute approximate surface area is 265 Å². The predicted molar refractivity (Wildman–Crippen MR) is 170 cm³/mol. The number of amides is 3. The maximum Gasteiger partial charge on any atom is 0.244 e. The normalized spacial score (nSPS) is 24.6. The van der Waals surface area contributed by atoms with E-state index >= 15 is 0 Å². The van der Waals surface area contributed by atoms with Gasteiger partial charge in [-0.15, -0.1) is 23.2 Å². The number of carbonyl (C=O) groups is 3. The maximum atomic E-state index is 14.0. The molecule has 1 fully saturated rings. The number of likely N-dealkylation sites (tertiary alicyclic amines) is 1. The number of rotatable bonds is 6.